The van der Waals surface area contributed by atoms with Gasteiger partial charge in [-0.25, -0.2) is 18.7 Å². The van der Waals surface area contributed by atoms with Crippen LogP contribution < -0.4 is 9.80 Å². The van der Waals surface area contributed by atoms with Gasteiger partial charge < -0.3 is 14.8 Å². The molecule has 1 aliphatic rings. The van der Waals surface area contributed by atoms with E-state index in [9.17, 15) is 8.78 Å². The lowest BCUT2D eigenvalue weighted by Crippen LogP contribution is -2.35. The molecular formula is C18H16F2N6. The summed E-state index contributed by atoms with van der Waals surface area (Å²) in [5.74, 6) is -0.826. The topological polar surface area (TPSA) is 71.8 Å². The summed E-state index contributed by atoms with van der Waals surface area (Å²) in [6.45, 7) is 1.46. The van der Waals surface area contributed by atoms with E-state index in [2.05, 4.69) is 19.9 Å². The summed E-state index contributed by atoms with van der Waals surface area (Å²) in [5.41, 5.74) is 0.648. The molecular weight excluding hydrogens is 338 g/mol. The summed E-state index contributed by atoms with van der Waals surface area (Å²) in [6, 6.07) is 5.98. The number of halogens is 2. The standard InChI is InChI=1S/C18H16F2N6/c1-25(12-6-15(19)14(8-21)16(20)7-12)11-3-5-26(9-11)18-13-2-4-22-17(13)23-10-24-18/h2,4,6-7,10-11H,3,5,9H2,1H3,(H,22,23,24). The Morgan fingerprint density at radius 3 is 2.81 bits per heavy atom. The molecule has 132 valence electrons. The van der Waals surface area contributed by atoms with E-state index in [-0.39, 0.29) is 6.04 Å². The van der Waals surface area contributed by atoms with Gasteiger partial charge in [0.2, 0.25) is 0 Å². The molecule has 0 bridgehead atoms. The monoisotopic (exact) mass is 354 g/mol. The number of nitrogens with zero attached hydrogens (tertiary/aromatic N) is 5. The van der Waals surface area contributed by atoms with E-state index in [0.717, 1.165) is 29.8 Å². The van der Waals surface area contributed by atoms with Gasteiger partial charge in [-0.3, -0.25) is 0 Å². The molecule has 1 aliphatic heterocycles. The van der Waals surface area contributed by atoms with Crippen molar-refractivity contribution in [3.05, 3.63) is 47.9 Å². The second kappa shape index (κ2) is 6.26. The Hall–Kier alpha value is -3.21. The largest absolute Gasteiger partial charge is 0.370 e. The van der Waals surface area contributed by atoms with Crippen LogP contribution in [0.4, 0.5) is 20.3 Å². The number of H-pyrrole nitrogens is 1. The maximum Gasteiger partial charge on any atom is 0.146 e. The van der Waals surface area contributed by atoms with Gasteiger partial charge in [0.25, 0.3) is 0 Å². The van der Waals surface area contributed by atoms with Gasteiger partial charge in [-0.15, -0.1) is 0 Å². The molecule has 1 fully saturated rings. The van der Waals surface area contributed by atoms with E-state index in [0.29, 0.717) is 12.2 Å². The van der Waals surface area contributed by atoms with E-state index in [1.807, 2.05) is 17.2 Å². The van der Waals surface area contributed by atoms with Crippen LogP contribution in [-0.2, 0) is 0 Å². The molecule has 6 nitrogen and oxygen atoms in total. The number of hydrogen-bond donors (Lipinski definition) is 1. The fourth-order valence-corrected chi connectivity index (χ4v) is 3.44. The molecule has 0 spiro atoms. The third-order valence-electron chi connectivity index (χ3n) is 4.89. The first-order valence-corrected chi connectivity index (χ1v) is 8.23. The molecule has 1 saturated heterocycles. The Morgan fingerprint density at radius 1 is 1.31 bits per heavy atom. The molecule has 4 rings (SSSR count). The Labute approximate surface area is 148 Å². The molecule has 0 saturated carbocycles. The van der Waals surface area contributed by atoms with Crippen LogP contribution in [0.3, 0.4) is 0 Å². The molecule has 26 heavy (non-hydrogen) atoms. The first-order valence-electron chi connectivity index (χ1n) is 8.23. The summed E-state index contributed by atoms with van der Waals surface area (Å²) in [4.78, 5) is 15.7. The predicted octanol–water partition coefficient (Wildman–Crippen LogP) is 2.82. The van der Waals surface area contributed by atoms with Crippen molar-refractivity contribution >= 4 is 22.5 Å². The number of aromatic amines is 1. The minimum atomic E-state index is -0.839. The van der Waals surface area contributed by atoms with E-state index in [4.69, 9.17) is 5.26 Å². The van der Waals surface area contributed by atoms with Crippen LogP contribution >= 0.6 is 0 Å². The van der Waals surface area contributed by atoms with Crippen molar-refractivity contribution in [3.8, 4) is 6.07 Å². The highest BCUT2D eigenvalue weighted by atomic mass is 19.1. The highest BCUT2D eigenvalue weighted by molar-refractivity contribution is 5.87. The lowest BCUT2D eigenvalue weighted by atomic mass is 10.1. The molecule has 3 heterocycles. The summed E-state index contributed by atoms with van der Waals surface area (Å²) < 4.78 is 27.8. The van der Waals surface area contributed by atoms with Gasteiger partial charge in [-0.2, -0.15) is 5.26 Å². The van der Waals surface area contributed by atoms with Gasteiger partial charge >= 0.3 is 0 Å². The van der Waals surface area contributed by atoms with Crippen molar-refractivity contribution < 1.29 is 8.78 Å². The first kappa shape index (κ1) is 16.3. The zero-order valence-electron chi connectivity index (χ0n) is 14.1. The second-order valence-corrected chi connectivity index (χ2v) is 6.33. The number of likely N-dealkylation sites (N-methyl/N-ethyl adjacent to an activating group) is 1. The molecule has 3 aromatic rings. The third-order valence-corrected chi connectivity index (χ3v) is 4.89. The van der Waals surface area contributed by atoms with Crippen molar-refractivity contribution in [1.29, 1.82) is 5.26 Å². The van der Waals surface area contributed by atoms with Crippen molar-refractivity contribution in [2.24, 2.45) is 0 Å². The SMILES string of the molecule is CN(c1cc(F)c(C#N)c(F)c1)C1CCN(c2ncnc3[nH]ccc23)C1. The molecule has 1 aromatic carbocycles. The fourth-order valence-electron chi connectivity index (χ4n) is 3.44. The van der Waals surface area contributed by atoms with E-state index in [1.165, 1.54) is 18.5 Å². The number of hydrogen-bond acceptors (Lipinski definition) is 5. The Balaban J connectivity index is 1.57. The quantitative estimate of drug-likeness (QED) is 0.783. The Kier molecular flexibility index (Phi) is 3.92. The molecule has 1 unspecified atom stereocenters. The van der Waals surface area contributed by atoms with Crippen molar-refractivity contribution in [2.75, 3.05) is 29.9 Å². The second-order valence-electron chi connectivity index (χ2n) is 6.33. The van der Waals surface area contributed by atoms with Gasteiger partial charge in [-0.1, -0.05) is 0 Å². The van der Waals surface area contributed by atoms with Crippen LogP contribution in [0.25, 0.3) is 11.0 Å². The first-order chi connectivity index (χ1) is 12.6. The molecule has 8 heteroatoms. The highest BCUT2D eigenvalue weighted by Crippen LogP contribution is 2.29. The van der Waals surface area contributed by atoms with E-state index in [1.54, 1.807) is 13.1 Å². The van der Waals surface area contributed by atoms with Gasteiger partial charge in [0.1, 0.15) is 41.1 Å². The number of aromatic nitrogens is 3. The smallest absolute Gasteiger partial charge is 0.146 e. The average molecular weight is 354 g/mol. The minimum absolute atomic E-state index is 0.0747. The number of nitriles is 1. The number of nitrogens with one attached hydrogen (secondary N) is 1. The van der Waals surface area contributed by atoms with Crippen LogP contribution in [0.1, 0.15) is 12.0 Å². The maximum atomic E-state index is 13.9. The van der Waals surface area contributed by atoms with Gasteiger partial charge in [0, 0.05) is 38.1 Å². The Morgan fingerprint density at radius 2 is 2.08 bits per heavy atom. The number of fused-ring (bicyclic) bond motifs is 1. The zero-order chi connectivity index (χ0) is 18.3. The van der Waals surface area contributed by atoms with Crippen molar-refractivity contribution in [2.45, 2.75) is 12.5 Å². The van der Waals surface area contributed by atoms with Crippen LogP contribution in [0.2, 0.25) is 0 Å². The maximum absolute atomic E-state index is 13.9. The van der Waals surface area contributed by atoms with Crippen LogP contribution in [0.5, 0.6) is 0 Å². The normalized spacial score (nSPS) is 16.8. The molecule has 0 radical (unpaired) electrons. The van der Waals surface area contributed by atoms with Gasteiger partial charge in [-0.05, 0) is 24.6 Å². The number of rotatable bonds is 3. The van der Waals surface area contributed by atoms with Crippen LogP contribution in [-0.4, -0.2) is 41.1 Å². The van der Waals surface area contributed by atoms with Crippen molar-refractivity contribution in [3.63, 3.8) is 0 Å². The lowest BCUT2D eigenvalue weighted by molar-refractivity contribution is 0.573. The highest BCUT2D eigenvalue weighted by Gasteiger charge is 2.29. The number of benzene rings is 1. The zero-order valence-corrected chi connectivity index (χ0v) is 14.1. The summed E-state index contributed by atoms with van der Waals surface area (Å²) in [7, 11) is 1.81. The molecule has 1 atom stereocenters. The molecule has 1 N–H and O–H groups in total. The van der Waals surface area contributed by atoms with E-state index < -0.39 is 17.2 Å². The minimum Gasteiger partial charge on any atom is -0.370 e. The summed E-state index contributed by atoms with van der Waals surface area (Å²) >= 11 is 0. The summed E-state index contributed by atoms with van der Waals surface area (Å²) in [6.07, 6.45) is 4.18. The molecule has 2 aromatic heterocycles. The number of anilines is 2. The fraction of sp³-hybridized carbons (Fsp3) is 0.278. The van der Waals surface area contributed by atoms with E-state index >= 15 is 0 Å². The summed E-state index contributed by atoms with van der Waals surface area (Å²) in [5, 5.41) is 9.76. The molecule has 0 amide bonds. The van der Waals surface area contributed by atoms with Crippen LogP contribution in [0, 0.1) is 23.0 Å². The Bertz CT molecular complexity index is 985. The third kappa shape index (κ3) is 2.62. The lowest BCUT2D eigenvalue weighted by Gasteiger charge is -2.27. The average Bonchev–Trinajstić information content (AvgIpc) is 3.30. The predicted molar refractivity (Wildman–Crippen MR) is 94.0 cm³/mol. The van der Waals surface area contributed by atoms with Gasteiger partial charge in [0.15, 0.2) is 0 Å². The van der Waals surface area contributed by atoms with Crippen molar-refractivity contribution in [1.82, 2.24) is 15.0 Å². The van der Waals surface area contributed by atoms with Crippen LogP contribution in [0.15, 0.2) is 30.7 Å². The molecule has 0 aliphatic carbocycles. The van der Waals surface area contributed by atoms with Gasteiger partial charge in [0.05, 0.1) is 5.39 Å².